The SMILES string of the molecule is Cc1nn(C)c(CC(NN)C2CN(C)CCN2C)c1Br. The van der Waals surface area contributed by atoms with E-state index in [1.807, 2.05) is 18.7 Å². The summed E-state index contributed by atoms with van der Waals surface area (Å²) < 4.78 is 3.03. The first kappa shape index (κ1) is 15.9. The van der Waals surface area contributed by atoms with Crippen LogP contribution in [0.15, 0.2) is 4.47 Å². The molecule has 2 rings (SSSR count). The molecule has 2 heterocycles. The number of nitrogens with two attached hydrogens (primary N) is 1. The fourth-order valence-corrected chi connectivity index (χ4v) is 3.39. The molecule has 7 heteroatoms. The monoisotopic (exact) mass is 344 g/mol. The van der Waals surface area contributed by atoms with Gasteiger partial charge in [-0.05, 0) is 36.9 Å². The average molecular weight is 345 g/mol. The summed E-state index contributed by atoms with van der Waals surface area (Å²) in [7, 11) is 6.32. The summed E-state index contributed by atoms with van der Waals surface area (Å²) in [5.74, 6) is 5.83. The Labute approximate surface area is 129 Å². The van der Waals surface area contributed by atoms with Crippen molar-refractivity contribution in [2.24, 2.45) is 12.9 Å². The van der Waals surface area contributed by atoms with Gasteiger partial charge in [-0.1, -0.05) is 0 Å². The minimum Gasteiger partial charge on any atom is -0.303 e. The lowest BCUT2D eigenvalue weighted by Gasteiger charge is -2.41. The van der Waals surface area contributed by atoms with Crippen LogP contribution in [-0.4, -0.2) is 65.4 Å². The van der Waals surface area contributed by atoms with Crippen molar-refractivity contribution in [1.29, 1.82) is 0 Å². The lowest BCUT2D eigenvalue weighted by molar-refractivity contribution is 0.0871. The summed E-state index contributed by atoms with van der Waals surface area (Å²) in [6.07, 6.45) is 0.858. The van der Waals surface area contributed by atoms with Crippen LogP contribution in [0.5, 0.6) is 0 Å². The number of piperazine rings is 1. The van der Waals surface area contributed by atoms with Gasteiger partial charge in [0, 0.05) is 45.2 Å². The Morgan fingerprint density at radius 1 is 1.40 bits per heavy atom. The maximum absolute atomic E-state index is 5.83. The maximum Gasteiger partial charge on any atom is 0.0738 e. The third-order valence-electron chi connectivity index (χ3n) is 4.25. The summed E-state index contributed by atoms with van der Waals surface area (Å²) >= 11 is 3.63. The zero-order valence-electron chi connectivity index (χ0n) is 12.7. The third kappa shape index (κ3) is 3.23. The van der Waals surface area contributed by atoms with Gasteiger partial charge in [0.05, 0.1) is 15.9 Å². The van der Waals surface area contributed by atoms with E-state index < -0.39 is 0 Å². The minimum absolute atomic E-state index is 0.203. The van der Waals surface area contributed by atoms with Gasteiger partial charge in [-0.15, -0.1) is 0 Å². The summed E-state index contributed by atoms with van der Waals surface area (Å²) in [5.41, 5.74) is 5.21. The van der Waals surface area contributed by atoms with Crippen LogP contribution < -0.4 is 11.3 Å². The highest BCUT2D eigenvalue weighted by Crippen LogP contribution is 2.23. The summed E-state index contributed by atoms with van der Waals surface area (Å²) in [6, 6.07) is 0.606. The van der Waals surface area contributed by atoms with Crippen LogP contribution in [0.25, 0.3) is 0 Å². The van der Waals surface area contributed by atoms with Gasteiger partial charge in [-0.2, -0.15) is 5.10 Å². The largest absolute Gasteiger partial charge is 0.303 e. The third-order valence-corrected chi connectivity index (χ3v) is 5.28. The van der Waals surface area contributed by atoms with E-state index in [1.54, 1.807) is 0 Å². The lowest BCUT2D eigenvalue weighted by atomic mass is 9.99. The molecule has 1 saturated heterocycles. The number of nitrogens with zero attached hydrogens (tertiary/aromatic N) is 4. The average Bonchev–Trinajstić information content (AvgIpc) is 2.65. The summed E-state index contributed by atoms with van der Waals surface area (Å²) in [4.78, 5) is 4.75. The molecule has 0 aromatic carbocycles. The Morgan fingerprint density at radius 3 is 2.65 bits per heavy atom. The molecule has 1 aromatic heterocycles. The number of nitrogens with one attached hydrogen (secondary N) is 1. The van der Waals surface area contributed by atoms with Crippen molar-refractivity contribution in [1.82, 2.24) is 25.0 Å². The van der Waals surface area contributed by atoms with E-state index in [0.29, 0.717) is 6.04 Å². The van der Waals surface area contributed by atoms with Crippen molar-refractivity contribution in [2.75, 3.05) is 33.7 Å². The second kappa shape index (κ2) is 6.53. The zero-order valence-corrected chi connectivity index (χ0v) is 14.3. The van der Waals surface area contributed by atoms with E-state index in [2.05, 4.69) is 50.3 Å². The molecule has 2 atom stereocenters. The Balaban J connectivity index is 2.15. The van der Waals surface area contributed by atoms with Crippen LogP contribution in [0.3, 0.4) is 0 Å². The van der Waals surface area contributed by atoms with Gasteiger partial charge in [0.1, 0.15) is 0 Å². The Kier molecular flexibility index (Phi) is 5.19. The number of rotatable bonds is 4. The van der Waals surface area contributed by atoms with Crippen molar-refractivity contribution in [2.45, 2.75) is 25.4 Å². The molecule has 2 unspecified atom stereocenters. The number of halogens is 1. The van der Waals surface area contributed by atoms with Crippen LogP contribution in [0.4, 0.5) is 0 Å². The number of aromatic nitrogens is 2. The van der Waals surface area contributed by atoms with E-state index in [0.717, 1.165) is 36.2 Å². The number of likely N-dealkylation sites (N-methyl/N-ethyl adjacent to an activating group) is 2. The Hall–Kier alpha value is -0.470. The van der Waals surface area contributed by atoms with Crippen molar-refractivity contribution >= 4 is 15.9 Å². The van der Waals surface area contributed by atoms with Crippen molar-refractivity contribution in [3.05, 3.63) is 15.9 Å². The van der Waals surface area contributed by atoms with Crippen molar-refractivity contribution in [3.63, 3.8) is 0 Å². The van der Waals surface area contributed by atoms with E-state index in [1.165, 1.54) is 5.69 Å². The molecule has 1 aliphatic rings. The topological polar surface area (TPSA) is 62.4 Å². The van der Waals surface area contributed by atoms with Gasteiger partial charge in [0.25, 0.3) is 0 Å². The van der Waals surface area contributed by atoms with E-state index >= 15 is 0 Å². The van der Waals surface area contributed by atoms with Gasteiger partial charge >= 0.3 is 0 Å². The van der Waals surface area contributed by atoms with Crippen LogP contribution in [0.1, 0.15) is 11.4 Å². The predicted molar refractivity (Wildman–Crippen MR) is 84.4 cm³/mol. The molecule has 0 bridgehead atoms. The molecule has 20 heavy (non-hydrogen) atoms. The molecule has 1 aromatic rings. The molecule has 3 N–H and O–H groups in total. The maximum atomic E-state index is 5.83. The van der Waals surface area contributed by atoms with E-state index in [9.17, 15) is 0 Å². The normalized spacial score (nSPS) is 23.2. The highest BCUT2D eigenvalue weighted by molar-refractivity contribution is 9.10. The van der Waals surface area contributed by atoms with Crippen molar-refractivity contribution < 1.29 is 0 Å². The fourth-order valence-electron chi connectivity index (χ4n) is 2.89. The molecule has 0 spiro atoms. The van der Waals surface area contributed by atoms with Crippen LogP contribution >= 0.6 is 15.9 Å². The van der Waals surface area contributed by atoms with Gasteiger partial charge in [-0.3, -0.25) is 20.9 Å². The van der Waals surface area contributed by atoms with Gasteiger partial charge in [0.2, 0.25) is 0 Å². The molecule has 114 valence electrons. The van der Waals surface area contributed by atoms with Gasteiger partial charge in [-0.25, -0.2) is 0 Å². The Bertz CT molecular complexity index is 460. The first-order valence-corrected chi connectivity index (χ1v) is 7.76. The second-order valence-corrected chi connectivity index (χ2v) is 6.55. The number of hydrogen-bond acceptors (Lipinski definition) is 5. The molecule has 0 aliphatic carbocycles. The van der Waals surface area contributed by atoms with Gasteiger partial charge in [0.15, 0.2) is 0 Å². The van der Waals surface area contributed by atoms with Crippen LogP contribution in [-0.2, 0) is 13.5 Å². The standard InChI is InChI=1S/C13H25BrN6/c1-9-13(14)11(20(4)17-9)7-10(16-15)12-8-18(2)5-6-19(12)3/h10,12,16H,5-8,15H2,1-4H3. The second-order valence-electron chi connectivity index (χ2n) is 5.76. The number of aryl methyl sites for hydroxylation is 2. The first-order valence-electron chi connectivity index (χ1n) is 6.97. The fraction of sp³-hybridized carbons (Fsp3) is 0.769. The highest BCUT2D eigenvalue weighted by atomic mass is 79.9. The lowest BCUT2D eigenvalue weighted by Crippen LogP contribution is -2.60. The molecule has 1 aliphatic heterocycles. The molecular weight excluding hydrogens is 320 g/mol. The van der Waals surface area contributed by atoms with Crippen LogP contribution in [0, 0.1) is 6.92 Å². The number of hydrazine groups is 1. The molecule has 0 saturated carbocycles. The minimum atomic E-state index is 0.203. The van der Waals surface area contributed by atoms with E-state index in [-0.39, 0.29) is 6.04 Å². The van der Waals surface area contributed by atoms with E-state index in [4.69, 9.17) is 5.84 Å². The summed E-state index contributed by atoms with van der Waals surface area (Å²) in [6.45, 7) is 5.22. The van der Waals surface area contributed by atoms with Crippen molar-refractivity contribution in [3.8, 4) is 0 Å². The quantitative estimate of drug-likeness (QED) is 0.599. The molecule has 0 amide bonds. The molecule has 0 radical (unpaired) electrons. The first-order chi connectivity index (χ1) is 9.43. The molecule has 1 fully saturated rings. The number of hydrogen-bond donors (Lipinski definition) is 2. The highest BCUT2D eigenvalue weighted by Gasteiger charge is 2.30. The van der Waals surface area contributed by atoms with Crippen LogP contribution in [0.2, 0.25) is 0 Å². The zero-order chi connectivity index (χ0) is 14.9. The molecular formula is C13H25BrN6. The summed E-state index contributed by atoms with van der Waals surface area (Å²) in [5, 5.41) is 4.45. The predicted octanol–water partition coefficient (Wildman–Crippen LogP) is 0.111. The van der Waals surface area contributed by atoms with Gasteiger partial charge < -0.3 is 4.90 Å². The Morgan fingerprint density at radius 2 is 2.10 bits per heavy atom. The smallest absolute Gasteiger partial charge is 0.0738 e. The molecule has 6 nitrogen and oxygen atoms in total.